The van der Waals surface area contributed by atoms with Gasteiger partial charge in [-0.1, -0.05) is 0 Å². The van der Waals surface area contributed by atoms with Crippen molar-refractivity contribution < 1.29 is 13.2 Å². The van der Waals surface area contributed by atoms with E-state index in [2.05, 4.69) is 0 Å². The van der Waals surface area contributed by atoms with Gasteiger partial charge in [-0.3, -0.25) is 0 Å². The van der Waals surface area contributed by atoms with Crippen LogP contribution in [0.5, 0.6) is 0 Å². The van der Waals surface area contributed by atoms with Crippen LogP contribution in [0, 0.1) is 0 Å². The van der Waals surface area contributed by atoms with Crippen LogP contribution in [-0.2, 0) is 0 Å². The molecule has 0 bridgehead atoms. The first-order valence-corrected chi connectivity index (χ1v) is 2.85. The molecule has 1 unspecified atom stereocenters. The van der Waals surface area contributed by atoms with Crippen molar-refractivity contribution in [3.05, 3.63) is 0 Å². The topological polar surface area (TPSA) is 12.0 Å². The SMILES string of the molecule is CNC(CCl)C(F)(F)F. The van der Waals surface area contributed by atoms with Crippen molar-refractivity contribution in [3.63, 3.8) is 0 Å². The van der Waals surface area contributed by atoms with Gasteiger partial charge in [-0.15, -0.1) is 11.6 Å². The summed E-state index contributed by atoms with van der Waals surface area (Å²) in [4.78, 5) is 0. The monoisotopic (exact) mass is 161 g/mol. The van der Waals surface area contributed by atoms with Crippen LogP contribution in [0.4, 0.5) is 13.2 Å². The highest BCUT2D eigenvalue weighted by Gasteiger charge is 2.37. The molecular formula is C4H7ClF3N. The molecule has 0 spiro atoms. The van der Waals surface area contributed by atoms with E-state index in [0.29, 0.717) is 0 Å². The molecule has 0 aliphatic carbocycles. The average molecular weight is 162 g/mol. The molecule has 0 radical (unpaired) electrons. The number of hydrogen-bond acceptors (Lipinski definition) is 1. The fraction of sp³-hybridized carbons (Fsp3) is 1.00. The van der Waals surface area contributed by atoms with Gasteiger partial charge in [0.1, 0.15) is 6.04 Å². The fourth-order valence-electron chi connectivity index (χ4n) is 0.328. The molecule has 5 heteroatoms. The zero-order chi connectivity index (χ0) is 7.49. The molecule has 1 N–H and O–H groups in total. The minimum absolute atomic E-state index is 0.444. The Hall–Kier alpha value is 0.0400. The Morgan fingerprint density at radius 3 is 2.00 bits per heavy atom. The van der Waals surface area contributed by atoms with E-state index in [1.165, 1.54) is 7.05 Å². The van der Waals surface area contributed by atoms with Gasteiger partial charge in [-0.05, 0) is 7.05 Å². The third-order valence-corrected chi connectivity index (χ3v) is 1.21. The van der Waals surface area contributed by atoms with Gasteiger partial charge in [0.2, 0.25) is 0 Å². The van der Waals surface area contributed by atoms with E-state index in [0.717, 1.165) is 0 Å². The van der Waals surface area contributed by atoms with Crippen molar-refractivity contribution in [1.29, 1.82) is 0 Å². The molecule has 0 saturated heterocycles. The molecule has 0 aliphatic rings. The van der Waals surface area contributed by atoms with E-state index < -0.39 is 18.1 Å². The van der Waals surface area contributed by atoms with Crippen LogP contribution >= 0.6 is 11.6 Å². The summed E-state index contributed by atoms with van der Waals surface area (Å²) in [6.07, 6.45) is -4.23. The first-order valence-electron chi connectivity index (χ1n) is 2.32. The quantitative estimate of drug-likeness (QED) is 0.604. The van der Waals surface area contributed by atoms with Crippen molar-refractivity contribution >= 4 is 11.6 Å². The summed E-state index contributed by atoms with van der Waals surface area (Å²) in [6.45, 7) is 0. The molecule has 56 valence electrons. The van der Waals surface area contributed by atoms with Crippen molar-refractivity contribution in [2.45, 2.75) is 12.2 Å². The Bertz CT molecular complexity index is 78.4. The summed E-state index contributed by atoms with van der Waals surface area (Å²) in [5, 5.41) is 2.03. The Morgan fingerprint density at radius 2 is 2.00 bits per heavy atom. The van der Waals surface area contributed by atoms with Crippen LogP contribution in [0.15, 0.2) is 0 Å². The van der Waals surface area contributed by atoms with Crippen LogP contribution in [-0.4, -0.2) is 25.1 Å². The minimum atomic E-state index is -4.23. The van der Waals surface area contributed by atoms with Crippen molar-refractivity contribution in [1.82, 2.24) is 5.32 Å². The molecule has 0 aromatic rings. The lowest BCUT2D eigenvalue weighted by Crippen LogP contribution is -2.41. The normalized spacial score (nSPS) is 15.7. The number of alkyl halides is 4. The summed E-state index contributed by atoms with van der Waals surface area (Å²) in [6, 6.07) is -1.58. The first-order chi connectivity index (χ1) is 4.02. The Balaban J connectivity index is 3.79. The molecule has 9 heavy (non-hydrogen) atoms. The predicted molar refractivity (Wildman–Crippen MR) is 29.6 cm³/mol. The standard InChI is InChI=1S/C4H7ClF3N/c1-9-3(2-5)4(6,7)8/h3,9H,2H2,1H3. The van der Waals surface area contributed by atoms with Gasteiger partial charge in [-0.25, -0.2) is 0 Å². The lowest BCUT2D eigenvalue weighted by Gasteiger charge is -2.15. The summed E-state index contributed by atoms with van der Waals surface area (Å²) in [5.74, 6) is -0.444. The highest BCUT2D eigenvalue weighted by Crippen LogP contribution is 2.20. The highest BCUT2D eigenvalue weighted by molar-refractivity contribution is 6.18. The zero-order valence-corrected chi connectivity index (χ0v) is 5.55. The summed E-state index contributed by atoms with van der Waals surface area (Å²) >= 11 is 4.97. The highest BCUT2D eigenvalue weighted by atomic mass is 35.5. The Kier molecular flexibility index (Phi) is 3.28. The molecule has 0 rings (SSSR count). The maximum Gasteiger partial charge on any atom is 0.405 e. The van der Waals surface area contributed by atoms with Crippen molar-refractivity contribution in [2.75, 3.05) is 12.9 Å². The van der Waals surface area contributed by atoms with Crippen molar-refractivity contribution in [2.24, 2.45) is 0 Å². The first kappa shape index (κ1) is 9.04. The second-order valence-electron chi connectivity index (χ2n) is 1.54. The lowest BCUT2D eigenvalue weighted by atomic mass is 10.3. The summed E-state index contributed by atoms with van der Waals surface area (Å²) in [5.41, 5.74) is 0. The van der Waals surface area contributed by atoms with Crippen LogP contribution in [0.2, 0.25) is 0 Å². The molecule has 0 aromatic carbocycles. The maximum atomic E-state index is 11.6. The van der Waals surface area contributed by atoms with Crippen molar-refractivity contribution in [3.8, 4) is 0 Å². The minimum Gasteiger partial charge on any atom is -0.308 e. The van der Waals surface area contributed by atoms with E-state index in [-0.39, 0.29) is 0 Å². The van der Waals surface area contributed by atoms with Crippen LogP contribution < -0.4 is 5.32 Å². The Labute approximate surface area is 56.2 Å². The van der Waals surface area contributed by atoms with E-state index >= 15 is 0 Å². The average Bonchev–Trinajstić information content (AvgIpc) is 1.65. The zero-order valence-electron chi connectivity index (χ0n) is 4.80. The van der Waals surface area contributed by atoms with Crippen LogP contribution in [0.1, 0.15) is 0 Å². The van der Waals surface area contributed by atoms with Crippen LogP contribution in [0.25, 0.3) is 0 Å². The van der Waals surface area contributed by atoms with E-state index in [9.17, 15) is 13.2 Å². The molecule has 0 aliphatic heterocycles. The van der Waals surface area contributed by atoms with Gasteiger partial charge < -0.3 is 5.32 Å². The fourth-order valence-corrected chi connectivity index (χ4v) is 0.658. The van der Waals surface area contributed by atoms with Gasteiger partial charge in [-0.2, -0.15) is 13.2 Å². The van der Waals surface area contributed by atoms with Gasteiger partial charge in [0.05, 0.1) is 0 Å². The van der Waals surface area contributed by atoms with E-state index in [1.54, 1.807) is 0 Å². The van der Waals surface area contributed by atoms with Gasteiger partial charge >= 0.3 is 6.18 Å². The molecule has 0 heterocycles. The van der Waals surface area contributed by atoms with Gasteiger partial charge in [0.15, 0.2) is 0 Å². The number of hydrogen-bond donors (Lipinski definition) is 1. The molecule has 0 saturated carbocycles. The smallest absolute Gasteiger partial charge is 0.308 e. The third-order valence-electron chi connectivity index (χ3n) is 0.898. The molecule has 0 aromatic heterocycles. The molecule has 0 fully saturated rings. The number of rotatable bonds is 2. The van der Waals surface area contributed by atoms with Crippen LogP contribution in [0.3, 0.4) is 0 Å². The van der Waals surface area contributed by atoms with E-state index in [1.807, 2.05) is 5.32 Å². The summed E-state index contributed by atoms with van der Waals surface area (Å²) in [7, 11) is 1.22. The summed E-state index contributed by atoms with van der Waals surface area (Å²) < 4.78 is 34.7. The van der Waals surface area contributed by atoms with Gasteiger partial charge in [0.25, 0.3) is 0 Å². The lowest BCUT2D eigenvalue weighted by molar-refractivity contribution is -0.149. The third kappa shape index (κ3) is 2.91. The van der Waals surface area contributed by atoms with Gasteiger partial charge in [0, 0.05) is 5.88 Å². The molecule has 1 atom stereocenters. The van der Waals surface area contributed by atoms with E-state index in [4.69, 9.17) is 11.6 Å². The largest absolute Gasteiger partial charge is 0.405 e. The molecule has 1 nitrogen and oxygen atoms in total. The number of halogens is 4. The Morgan fingerprint density at radius 1 is 1.56 bits per heavy atom. The second-order valence-corrected chi connectivity index (χ2v) is 1.85. The number of nitrogens with one attached hydrogen (secondary N) is 1. The molecular weight excluding hydrogens is 154 g/mol. The molecule has 0 amide bonds. The second kappa shape index (κ2) is 3.27. The maximum absolute atomic E-state index is 11.6. The predicted octanol–water partition coefficient (Wildman–Crippen LogP) is 1.38.